The molecule has 0 aliphatic carbocycles. The number of carbonyl (C=O) groups excluding carboxylic acids is 4. The molecule has 0 unspecified atom stereocenters. The number of urea groups is 1. The Morgan fingerprint density at radius 2 is 1.23 bits per heavy atom. The quantitative estimate of drug-likeness (QED) is 0.0611. The van der Waals surface area contributed by atoms with Gasteiger partial charge in [-0.1, -0.05) is 91.0 Å². The molecular formula is C41H41N7O5. The van der Waals surface area contributed by atoms with E-state index in [0.717, 1.165) is 27.2 Å². The molecule has 5 rings (SSSR count). The number of carbonyl (C=O) groups is 4. The van der Waals surface area contributed by atoms with E-state index in [9.17, 15) is 19.2 Å². The van der Waals surface area contributed by atoms with Crippen molar-refractivity contribution >= 4 is 47.2 Å². The summed E-state index contributed by atoms with van der Waals surface area (Å²) in [6.07, 6.45) is 1.20. The molecule has 0 aliphatic rings. The van der Waals surface area contributed by atoms with Crippen LogP contribution in [0.5, 0.6) is 5.75 Å². The zero-order valence-corrected chi connectivity index (χ0v) is 29.3. The molecule has 0 spiro atoms. The van der Waals surface area contributed by atoms with Gasteiger partial charge in [-0.25, -0.2) is 9.69 Å². The lowest BCUT2D eigenvalue weighted by molar-refractivity contribution is -0.126. The molecule has 12 nitrogen and oxygen atoms in total. The second-order valence-electron chi connectivity index (χ2n) is 12.1. The Balaban J connectivity index is 1.57. The molecule has 0 radical (unpaired) electrons. The minimum absolute atomic E-state index is 0.0461. The first-order valence-corrected chi connectivity index (χ1v) is 16.8. The van der Waals surface area contributed by atoms with Crippen LogP contribution in [0.2, 0.25) is 0 Å². The number of nitrogens with two attached hydrogens (primary N) is 2. The van der Waals surface area contributed by atoms with E-state index in [4.69, 9.17) is 16.2 Å². The topological polar surface area (TPSA) is 172 Å². The summed E-state index contributed by atoms with van der Waals surface area (Å²) in [5, 5.41) is 7.08. The summed E-state index contributed by atoms with van der Waals surface area (Å²) in [6, 6.07) is 37.6. The van der Waals surface area contributed by atoms with E-state index in [1.165, 1.54) is 0 Å². The lowest BCUT2D eigenvalue weighted by Gasteiger charge is -2.28. The summed E-state index contributed by atoms with van der Waals surface area (Å²) in [5.74, 6) is -0.871. The van der Waals surface area contributed by atoms with Crippen molar-refractivity contribution in [1.82, 2.24) is 5.32 Å². The molecule has 0 saturated carbocycles. The third kappa shape index (κ3) is 10.8. The van der Waals surface area contributed by atoms with E-state index >= 15 is 0 Å². The highest BCUT2D eigenvalue weighted by Crippen LogP contribution is 2.33. The fourth-order valence-electron chi connectivity index (χ4n) is 5.68. The van der Waals surface area contributed by atoms with Gasteiger partial charge in [0.05, 0.1) is 37.7 Å². The molecular weight excluding hydrogens is 670 g/mol. The van der Waals surface area contributed by atoms with Crippen molar-refractivity contribution in [2.45, 2.75) is 32.4 Å². The lowest BCUT2D eigenvalue weighted by atomic mass is 10.0. The first-order valence-electron chi connectivity index (χ1n) is 16.8. The van der Waals surface area contributed by atoms with Crippen molar-refractivity contribution in [1.29, 1.82) is 0 Å². The van der Waals surface area contributed by atoms with Crippen LogP contribution in [0.3, 0.4) is 0 Å². The Morgan fingerprint density at radius 3 is 1.77 bits per heavy atom. The van der Waals surface area contributed by atoms with Crippen LogP contribution in [0.15, 0.2) is 132 Å². The van der Waals surface area contributed by atoms with Crippen molar-refractivity contribution in [3.63, 3.8) is 0 Å². The fraction of sp³-hybridized carbons (Fsp3) is 0.146. The van der Waals surface area contributed by atoms with Gasteiger partial charge in [-0.05, 0) is 58.7 Å². The van der Waals surface area contributed by atoms with Crippen LogP contribution >= 0.6 is 0 Å². The van der Waals surface area contributed by atoms with E-state index in [2.05, 4.69) is 15.8 Å². The molecule has 0 bridgehead atoms. The largest absolute Gasteiger partial charge is 0.497 e. The van der Waals surface area contributed by atoms with Crippen LogP contribution in [0, 0.1) is 0 Å². The molecule has 6 N–H and O–H groups in total. The molecule has 0 aliphatic heterocycles. The minimum atomic E-state index is -0.649. The number of methoxy groups -OCH3 is 1. The van der Waals surface area contributed by atoms with Crippen LogP contribution in [0.1, 0.15) is 27.8 Å². The molecule has 0 aromatic heterocycles. The summed E-state index contributed by atoms with van der Waals surface area (Å²) in [6.45, 7) is 0.531. The Bertz CT molecular complexity index is 1980. The minimum Gasteiger partial charge on any atom is -0.497 e. The lowest BCUT2D eigenvalue weighted by Crippen LogP contribution is -2.40. The van der Waals surface area contributed by atoms with Crippen LogP contribution in [0.4, 0.5) is 21.9 Å². The highest BCUT2D eigenvalue weighted by Gasteiger charge is 2.28. The van der Waals surface area contributed by atoms with Crippen molar-refractivity contribution in [3.05, 3.63) is 155 Å². The number of hydrogen-bond acceptors (Lipinski definition) is 7. The number of hydrazone groups is 1. The summed E-state index contributed by atoms with van der Waals surface area (Å²) in [7, 11) is 1.59. The summed E-state index contributed by atoms with van der Waals surface area (Å²) in [5.41, 5.74) is 19.1. The molecule has 53 heavy (non-hydrogen) atoms. The van der Waals surface area contributed by atoms with E-state index in [1.54, 1.807) is 48.7 Å². The predicted octanol–water partition coefficient (Wildman–Crippen LogP) is 5.30. The van der Waals surface area contributed by atoms with Crippen molar-refractivity contribution < 1.29 is 23.9 Å². The molecule has 5 aromatic rings. The van der Waals surface area contributed by atoms with Crippen LogP contribution in [-0.2, 0) is 46.7 Å². The van der Waals surface area contributed by atoms with Gasteiger partial charge in [0.2, 0.25) is 17.7 Å². The monoisotopic (exact) mass is 711 g/mol. The summed E-state index contributed by atoms with van der Waals surface area (Å²) >= 11 is 0. The number of hydrogen-bond donors (Lipinski definition) is 4. The molecule has 0 atom stereocenters. The van der Waals surface area contributed by atoms with E-state index in [1.807, 2.05) is 97.1 Å². The molecule has 0 fully saturated rings. The third-order valence-corrected chi connectivity index (χ3v) is 8.25. The van der Waals surface area contributed by atoms with E-state index < -0.39 is 23.8 Å². The number of ether oxygens (including phenoxy) is 1. The normalized spacial score (nSPS) is 10.7. The highest BCUT2D eigenvalue weighted by atomic mass is 16.5. The first kappa shape index (κ1) is 37.3. The second kappa shape index (κ2) is 18.3. The molecule has 5 amide bonds. The molecule has 12 heteroatoms. The van der Waals surface area contributed by atoms with Gasteiger partial charge < -0.3 is 26.4 Å². The van der Waals surface area contributed by atoms with E-state index in [0.29, 0.717) is 22.7 Å². The molecule has 270 valence electrons. The zero-order chi connectivity index (χ0) is 37.6. The average molecular weight is 712 g/mol. The molecule has 0 heterocycles. The smallest absolute Gasteiger partial charge is 0.312 e. The Labute approximate surface area is 308 Å². The van der Waals surface area contributed by atoms with Gasteiger partial charge in [-0.15, -0.1) is 0 Å². The number of nitrogens with one attached hydrogen (secondary N) is 2. The Hall–Kier alpha value is -6.95. The maximum absolute atomic E-state index is 14.2. The van der Waals surface area contributed by atoms with Crippen LogP contribution < -0.4 is 36.7 Å². The zero-order valence-electron chi connectivity index (χ0n) is 29.3. The predicted molar refractivity (Wildman–Crippen MR) is 206 cm³/mol. The molecule has 5 aromatic carbocycles. The summed E-state index contributed by atoms with van der Waals surface area (Å²) < 4.78 is 5.26. The first-order chi connectivity index (χ1) is 25.7. The SMILES string of the molecule is COc1ccc(N/N=C/N(Cc2ccc(CNC(N)=O)cc2)c2cccc(N(C(=O)Cc3ccccc3)C(=O)Cc3ccccc3)c2CC(N)=O)cc1. The standard InChI is InChI=1S/C41H41N7O5/c1-53-34-21-19-33(20-22-34)46-45-28-47(27-32-17-15-31(16-18-32)26-44-41(43)52)36-13-8-14-37(35(36)25-38(42)49)48(39(50)23-29-9-4-2-5-10-29)40(51)24-30-11-6-3-7-12-30/h2-22,28,46H,23-27H2,1H3,(H2,42,49)(H3,43,44,52)/b45-28+. The van der Waals surface area contributed by atoms with Gasteiger partial charge >= 0.3 is 6.03 Å². The van der Waals surface area contributed by atoms with Gasteiger partial charge in [-0.2, -0.15) is 5.10 Å². The number of nitrogens with zero attached hydrogens (tertiary/aromatic N) is 3. The van der Waals surface area contributed by atoms with E-state index in [-0.39, 0.29) is 38.0 Å². The number of rotatable bonds is 16. The number of amides is 5. The van der Waals surface area contributed by atoms with Crippen LogP contribution in [0.25, 0.3) is 0 Å². The van der Waals surface area contributed by atoms with Gasteiger partial charge in [0.25, 0.3) is 0 Å². The second-order valence-corrected chi connectivity index (χ2v) is 12.1. The van der Waals surface area contributed by atoms with Gasteiger partial charge in [0.15, 0.2) is 0 Å². The van der Waals surface area contributed by atoms with Gasteiger partial charge in [0, 0.05) is 24.3 Å². The van der Waals surface area contributed by atoms with Gasteiger partial charge in [0.1, 0.15) is 12.1 Å². The molecule has 0 saturated heterocycles. The fourth-order valence-corrected chi connectivity index (χ4v) is 5.68. The third-order valence-electron chi connectivity index (χ3n) is 8.25. The Morgan fingerprint density at radius 1 is 0.660 bits per heavy atom. The maximum Gasteiger partial charge on any atom is 0.312 e. The Kier molecular flexibility index (Phi) is 12.9. The number of benzene rings is 5. The summed E-state index contributed by atoms with van der Waals surface area (Å²) in [4.78, 5) is 55.2. The number of anilines is 3. The average Bonchev–Trinajstić information content (AvgIpc) is 3.15. The maximum atomic E-state index is 14.2. The number of primary amides is 2. The van der Waals surface area contributed by atoms with Crippen molar-refractivity contribution in [2.24, 2.45) is 16.6 Å². The highest BCUT2D eigenvalue weighted by molar-refractivity contribution is 6.17. The van der Waals surface area contributed by atoms with Crippen LogP contribution in [-0.4, -0.2) is 37.2 Å². The number of imide groups is 1. The van der Waals surface area contributed by atoms with Crippen molar-refractivity contribution in [2.75, 3.05) is 22.3 Å². The van der Waals surface area contributed by atoms with Gasteiger partial charge in [-0.3, -0.25) is 19.8 Å². The van der Waals surface area contributed by atoms with Crippen molar-refractivity contribution in [3.8, 4) is 5.75 Å².